The normalized spacial score (nSPS) is 18.6. The number of piperidine rings is 1. The highest BCUT2D eigenvalue weighted by Crippen LogP contribution is 2.17. The molecule has 1 fully saturated rings. The van der Waals surface area contributed by atoms with E-state index in [1.54, 1.807) is 0 Å². The molecule has 1 N–H and O–H groups in total. The summed E-state index contributed by atoms with van der Waals surface area (Å²) in [5.74, 6) is 0.834. The molecule has 1 aliphatic rings. The minimum atomic E-state index is 0.297. The summed E-state index contributed by atoms with van der Waals surface area (Å²) in [5.41, 5.74) is 1.40. The Labute approximate surface area is 106 Å². The largest absolute Gasteiger partial charge is 0.395 e. The molecule has 1 aliphatic heterocycles. The number of nitrogens with zero attached hydrogens (tertiary/aromatic N) is 2. The number of aliphatic hydroxyl groups excluding tert-OH is 1. The fraction of sp³-hybridized carbons (Fsp3) is 0.857. The third kappa shape index (κ3) is 6.20. The van der Waals surface area contributed by atoms with Crippen molar-refractivity contribution in [1.82, 2.24) is 9.80 Å². The van der Waals surface area contributed by atoms with Crippen molar-refractivity contribution >= 4 is 0 Å². The molecule has 0 bridgehead atoms. The Morgan fingerprint density at radius 3 is 2.53 bits per heavy atom. The number of hydrogen-bond acceptors (Lipinski definition) is 3. The van der Waals surface area contributed by atoms with Crippen molar-refractivity contribution in [1.29, 1.82) is 0 Å². The maximum Gasteiger partial charge on any atom is 0.0558 e. The van der Waals surface area contributed by atoms with Crippen LogP contribution in [0.4, 0.5) is 0 Å². The first-order valence-electron chi connectivity index (χ1n) is 6.77. The van der Waals surface area contributed by atoms with Crippen molar-refractivity contribution in [2.24, 2.45) is 5.92 Å². The lowest BCUT2D eigenvalue weighted by molar-refractivity contribution is 0.133. The van der Waals surface area contributed by atoms with Gasteiger partial charge in [-0.2, -0.15) is 0 Å². The average molecular weight is 240 g/mol. The SMILES string of the molecule is CC(C)=CCN(C)CC1CCN(CCO)CC1. The van der Waals surface area contributed by atoms with Crippen LogP contribution in [0.1, 0.15) is 26.7 Å². The van der Waals surface area contributed by atoms with E-state index in [0.717, 1.165) is 32.1 Å². The van der Waals surface area contributed by atoms with Gasteiger partial charge in [-0.05, 0) is 52.7 Å². The summed E-state index contributed by atoms with van der Waals surface area (Å²) in [5, 5.41) is 8.90. The van der Waals surface area contributed by atoms with Gasteiger partial charge in [0.05, 0.1) is 6.61 Å². The number of likely N-dealkylation sites (N-methyl/N-ethyl adjacent to an activating group) is 1. The summed E-state index contributed by atoms with van der Waals surface area (Å²) < 4.78 is 0. The summed E-state index contributed by atoms with van der Waals surface area (Å²) >= 11 is 0. The van der Waals surface area contributed by atoms with Crippen LogP contribution in [0.3, 0.4) is 0 Å². The minimum absolute atomic E-state index is 0.297. The number of rotatable bonds is 6. The number of hydrogen-bond donors (Lipinski definition) is 1. The highest BCUT2D eigenvalue weighted by Gasteiger charge is 2.19. The van der Waals surface area contributed by atoms with E-state index in [4.69, 9.17) is 5.11 Å². The molecule has 0 amide bonds. The maximum atomic E-state index is 8.90. The van der Waals surface area contributed by atoms with Crippen molar-refractivity contribution < 1.29 is 5.11 Å². The van der Waals surface area contributed by atoms with Crippen LogP contribution in [0.2, 0.25) is 0 Å². The maximum absolute atomic E-state index is 8.90. The lowest BCUT2D eigenvalue weighted by atomic mass is 9.96. The van der Waals surface area contributed by atoms with Gasteiger partial charge in [0.2, 0.25) is 0 Å². The van der Waals surface area contributed by atoms with E-state index in [-0.39, 0.29) is 0 Å². The standard InChI is InChI=1S/C14H28N2O/c1-13(2)4-7-15(3)12-14-5-8-16(9-6-14)10-11-17/h4,14,17H,5-12H2,1-3H3. The zero-order valence-electron chi connectivity index (χ0n) is 11.7. The quantitative estimate of drug-likeness (QED) is 0.714. The van der Waals surface area contributed by atoms with Gasteiger partial charge in [0.25, 0.3) is 0 Å². The molecule has 100 valence electrons. The van der Waals surface area contributed by atoms with E-state index >= 15 is 0 Å². The zero-order valence-corrected chi connectivity index (χ0v) is 11.7. The topological polar surface area (TPSA) is 26.7 Å². The van der Waals surface area contributed by atoms with E-state index in [9.17, 15) is 0 Å². The fourth-order valence-corrected chi connectivity index (χ4v) is 2.39. The third-order valence-corrected chi connectivity index (χ3v) is 3.50. The van der Waals surface area contributed by atoms with Gasteiger partial charge in [0.15, 0.2) is 0 Å². The van der Waals surface area contributed by atoms with E-state index in [1.807, 2.05) is 0 Å². The molecule has 0 radical (unpaired) electrons. The second-order valence-corrected chi connectivity index (χ2v) is 5.51. The van der Waals surface area contributed by atoms with Gasteiger partial charge in [-0.3, -0.25) is 0 Å². The van der Waals surface area contributed by atoms with Crippen LogP contribution in [-0.4, -0.2) is 61.3 Å². The Morgan fingerprint density at radius 2 is 2.00 bits per heavy atom. The Bertz CT molecular complexity index is 228. The molecule has 3 heteroatoms. The second-order valence-electron chi connectivity index (χ2n) is 5.51. The molecule has 0 aromatic heterocycles. The van der Waals surface area contributed by atoms with Gasteiger partial charge in [-0.1, -0.05) is 11.6 Å². The Morgan fingerprint density at radius 1 is 1.35 bits per heavy atom. The first kappa shape index (κ1) is 14.7. The molecular weight excluding hydrogens is 212 g/mol. The molecule has 1 heterocycles. The predicted octanol–water partition coefficient (Wildman–Crippen LogP) is 1.59. The second kappa shape index (κ2) is 7.85. The van der Waals surface area contributed by atoms with Crippen LogP contribution in [0.5, 0.6) is 0 Å². The molecule has 0 aromatic rings. The smallest absolute Gasteiger partial charge is 0.0558 e. The number of aliphatic hydroxyl groups is 1. The van der Waals surface area contributed by atoms with Crippen LogP contribution in [0.25, 0.3) is 0 Å². The fourth-order valence-electron chi connectivity index (χ4n) is 2.39. The summed E-state index contributed by atoms with van der Waals surface area (Å²) in [6.45, 7) is 10.0. The van der Waals surface area contributed by atoms with Gasteiger partial charge in [0.1, 0.15) is 0 Å². The van der Waals surface area contributed by atoms with E-state index in [0.29, 0.717) is 6.61 Å². The highest BCUT2D eigenvalue weighted by atomic mass is 16.3. The van der Waals surface area contributed by atoms with Crippen LogP contribution in [0.15, 0.2) is 11.6 Å². The van der Waals surface area contributed by atoms with Crippen molar-refractivity contribution in [3.63, 3.8) is 0 Å². The molecule has 0 saturated carbocycles. The molecular formula is C14H28N2O. The van der Waals surface area contributed by atoms with Crippen molar-refractivity contribution in [2.45, 2.75) is 26.7 Å². The van der Waals surface area contributed by atoms with Gasteiger partial charge in [-0.25, -0.2) is 0 Å². The zero-order chi connectivity index (χ0) is 12.7. The van der Waals surface area contributed by atoms with Crippen molar-refractivity contribution in [2.75, 3.05) is 46.4 Å². The molecule has 1 saturated heterocycles. The monoisotopic (exact) mass is 240 g/mol. The average Bonchev–Trinajstić information content (AvgIpc) is 2.29. The summed E-state index contributed by atoms with van der Waals surface area (Å²) in [7, 11) is 2.21. The van der Waals surface area contributed by atoms with Gasteiger partial charge >= 0.3 is 0 Å². The van der Waals surface area contributed by atoms with Crippen LogP contribution in [0, 0.1) is 5.92 Å². The van der Waals surface area contributed by atoms with Gasteiger partial charge in [0, 0.05) is 19.6 Å². The molecule has 0 atom stereocenters. The lowest BCUT2D eigenvalue weighted by Gasteiger charge is -2.33. The number of allylic oxidation sites excluding steroid dienone is 1. The van der Waals surface area contributed by atoms with Crippen LogP contribution in [-0.2, 0) is 0 Å². The molecule has 3 nitrogen and oxygen atoms in total. The molecule has 0 unspecified atom stereocenters. The Kier molecular flexibility index (Phi) is 6.78. The molecule has 0 aliphatic carbocycles. The summed E-state index contributed by atoms with van der Waals surface area (Å²) in [4.78, 5) is 4.78. The first-order chi connectivity index (χ1) is 8.11. The Hall–Kier alpha value is -0.380. The molecule has 0 spiro atoms. The summed E-state index contributed by atoms with van der Waals surface area (Å²) in [6.07, 6.45) is 4.85. The minimum Gasteiger partial charge on any atom is -0.395 e. The van der Waals surface area contributed by atoms with Crippen molar-refractivity contribution in [3.05, 3.63) is 11.6 Å². The first-order valence-corrected chi connectivity index (χ1v) is 6.77. The van der Waals surface area contributed by atoms with E-state index < -0.39 is 0 Å². The van der Waals surface area contributed by atoms with E-state index in [2.05, 4.69) is 36.8 Å². The predicted molar refractivity (Wildman–Crippen MR) is 73.2 cm³/mol. The highest BCUT2D eigenvalue weighted by molar-refractivity contribution is 4.94. The van der Waals surface area contributed by atoms with Crippen LogP contribution < -0.4 is 0 Å². The molecule has 1 rings (SSSR count). The number of β-amino-alcohol motifs (C(OH)–C–C–N with tert-alkyl or cyclic N) is 1. The molecule has 0 aromatic carbocycles. The van der Waals surface area contributed by atoms with Gasteiger partial charge in [-0.15, -0.1) is 0 Å². The van der Waals surface area contributed by atoms with Crippen molar-refractivity contribution in [3.8, 4) is 0 Å². The van der Waals surface area contributed by atoms with Gasteiger partial charge < -0.3 is 14.9 Å². The third-order valence-electron chi connectivity index (χ3n) is 3.50. The molecule has 17 heavy (non-hydrogen) atoms. The lowest BCUT2D eigenvalue weighted by Crippen LogP contribution is -2.39. The summed E-state index contributed by atoms with van der Waals surface area (Å²) in [6, 6.07) is 0. The number of likely N-dealkylation sites (tertiary alicyclic amines) is 1. The van der Waals surface area contributed by atoms with Crippen LogP contribution >= 0.6 is 0 Å². The Balaban J connectivity index is 2.19. The van der Waals surface area contributed by atoms with E-state index in [1.165, 1.54) is 25.0 Å².